The summed E-state index contributed by atoms with van der Waals surface area (Å²) in [6.07, 6.45) is -0.166. The number of hydrogen-bond acceptors (Lipinski definition) is 6. The van der Waals surface area contributed by atoms with Crippen LogP contribution in [-0.2, 0) is 25.6 Å². The van der Waals surface area contributed by atoms with Crippen LogP contribution in [0.25, 0.3) is 0 Å². The van der Waals surface area contributed by atoms with Crippen LogP contribution in [0.3, 0.4) is 0 Å². The van der Waals surface area contributed by atoms with E-state index in [4.69, 9.17) is 18.9 Å². The molecule has 2 atom stereocenters. The van der Waals surface area contributed by atoms with Gasteiger partial charge < -0.3 is 24.1 Å². The van der Waals surface area contributed by atoms with Gasteiger partial charge in [0.05, 0.1) is 26.9 Å². The first-order valence-corrected chi connectivity index (χ1v) is 8.03. The van der Waals surface area contributed by atoms with Crippen LogP contribution in [0.4, 0.5) is 0 Å². The quantitative estimate of drug-likeness (QED) is 0.444. The van der Waals surface area contributed by atoms with Crippen molar-refractivity contribution in [2.45, 2.75) is 51.1 Å². The fourth-order valence-electron chi connectivity index (χ4n) is 2.41. The van der Waals surface area contributed by atoms with E-state index in [2.05, 4.69) is 0 Å². The molecule has 24 heavy (non-hydrogen) atoms. The van der Waals surface area contributed by atoms with Gasteiger partial charge in [0.1, 0.15) is 17.5 Å². The van der Waals surface area contributed by atoms with Crippen molar-refractivity contribution in [3.63, 3.8) is 0 Å². The minimum atomic E-state index is -1.08. The molecule has 1 aliphatic heterocycles. The highest BCUT2D eigenvalue weighted by atomic mass is 16.7. The van der Waals surface area contributed by atoms with Crippen LogP contribution < -0.4 is 4.74 Å². The Bertz CT molecular complexity index is 548. The van der Waals surface area contributed by atoms with Crippen LogP contribution >= 0.6 is 0 Å². The molecular weight excluding hydrogens is 312 g/mol. The van der Waals surface area contributed by atoms with Crippen LogP contribution in [0.1, 0.15) is 32.8 Å². The Morgan fingerprint density at radius 3 is 2.46 bits per heavy atom. The van der Waals surface area contributed by atoms with Gasteiger partial charge in [0.25, 0.3) is 0 Å². The van der Waals surface area contributed by atoms with Gasteiger partial charge in [-0.1, -0.05) is 12.1 Å². The summed E-state index contributed by atoms with van der Waals surface area (Å²) in [5, 5.41) is 9.29. The number of carbonyl (C=O) groups excluding carboxylic acids is 1. The number of aliphatic hydroxyl groups is 1. The predicted molar refractivity (Wildman–Crippen MR) is 87.8 cm³/mol. The molecule has 1 fully saturated rings. The number of benzene rings is 1. The number of aliphatic hydroxyl groups excluding tert-OH is 1. The van der Waals surface area contributed by atoms with Gasteiger partial charge in [-0.2, -0.15) is 0 Å². The third-order valence-corrected chi connectivity index (χ3v) is 3.77. The molecule has 2 rings (SSSR count). The second-order valence-corrected chi connectivity index (χ2v) is 6.83. The summed E-state index contributed by atoms with van der Waals surface area (Å²) in [6.45, 7) is 5.96. The molecule has 0 saturated carbocycles. The Morgan fingerprint density at radius 2 is 1.96 bits per heavy atom. The van der Waals surface area contributed by atoms with Crippen molar-refractivity contribution < 1.29 is 28.8 Å². The van der Waals surface area contributed by atoms with E-state index in [0.717, 1.165) is 11.3 Å². The highest BCUT2D eigenvalue weighted by Crippen LogP contribution is 2.41. The van der Waals surface area contributed by atoms with E-state index in [-0.39, 0.29) is 6.61 Å². The minimum absolute atomic E-state index is 0.211. The molecule has 0 aromatic heterocycles. The summed E-state index contributed by atoms with van der Waals surface area (Å²) >= 11 is 0. The third kappa shape index (κ3) is 4.69. The molecule has 0 radical (unpaired) electrons. The number of esters is 1. The Hall–Kier alpha value is -1.63. The van der Waals surface area contributed by atoms with E-state index in [0.29, 0.717) is 19.6 Å². The normalized spacial score (nSPS) is 23.0. The van der Waals surface area contributed by atoms with E-state index in [1.807, 2.05) is 24.3 Å². The van der Waals surface area contributed by atoms with Crippen molar-refractivity contribution in [3.8, 4) is 5.75 Å². The van der Waals surface area contributed by atoms with Crippen LogP contribution in [-0.4, -0.2) is 48.7 Å². The monoisotopic (exact) mass is 338 g/mol. The number of hydrogen-bond donors (Lipinski definition) is 1. The van der Waals surface area contributed by atoms with Crippen molar-refractivity contribution in [1.29, 1.82) is 0 Å². The summed E-state index contributed by atoms with van der Waals surface area (Å²) in [6, 6.07) is 7.58. The van der Waals surface area contributed by atoms with Crippen molar-refractivity contribution in [1.82, 2.24) is 0 Å². The molecule has 1 heterocycles. The van der Waals surface area contributed by atoms with Gasteiger partial charge in [0.15, 0.2) is 5.60 Å². The molecule has 1 N–H and O–H groups in total. The highest BCUT2D eigenvalue weighted by Gasteiger charge is 2.63. The summed E-state index contributed by atoms with van der Waals surface area (Å²) < 4.78 is 21.6. The lowest BCUT2D eigenvalue weighted by atomic mass is 10.0. The molecule has 1 aromatic rings. The Kier molecular flexibility index (Phi) is 5.85. The second kappa shape index (κ2) is 7.51. The molecule has 1 aromatic carbocycles. The second-order valence-electron chi connectivity index (χ2n) is 6.83. The fourth-order valence-corrected chi connectivity index (χ4v) is 2.41. The lowest BCUT2D eigenvalue weighted by molar-refractivity contribution is -0.162. The van der Waals surface area contributed by atoms with Crippen LogP contribution in [0, 0.1) is 0 Å². The van der Waals surface area contributed by atoms with Crippen molar-refractivity contribution in [2.75, 3.05) is 20.3 Å². The van der Waals surface area contributed by atoms with E-state index in [9.17, 15) is 9.90 Å². The molecule has 0 spiro atoms. The van der Waals surface area contributed by atoms with E-state index < -0.39 is 23.3 Å². The van der Waals surface area contributed by atoms with Gasteiger partial charge in [-0.25, -0.2) is 4.79 Å². The molecule has 1 aliphatic rings. The number of carbonyl (C=O) groups is 1. The number of methoxy groups -OCH3 is 1. The lowest BCUT2D eigenvalue weighted by Gasteiger charge is -2.22. The average Bonchev–Trinajstić information content (AvgIpc) is 3.25. The van der Waals surface area contributed by atoms with Crippen LogP contribution in [0.5, 0.6) is 5.75 Å². The third-order valence-electron chi connectivity index (χ3n) is 3.77. The van der Waals surface area contributed by atoms with Crippen LogP contribution in [0.15, 0.2) is 24.3 Å². The maximum Gasteiger partial charge on any atom is 0.341 e. The van der Waals surface area contributed by atoms with Crippen molar-refractivity contribution >= 4 is 5.97 Å². The zero-order valence-electron chi connectivity index (χ0n) is 14.7. The van der Waals surface area contributed by atoms with Gasteiger partial charge in [-0.05, 0) is 38.5 Å². The maximum absolute atomic E-state index is 12.3. The van der Waals surface area contributed by atoms with Gasteiger partial charge in [0, 0.05) is 6.42 Å². The molecule has 0 unspecified atom stereocenters. The first kappa shape index (κ1) is 18.7. The molecule has 1 saturated heterocycles. The zero-order valence-corrected chi connectivity index (χ0v) is 14.7. The Morgan fingerprint density at radius 1 is 1.29 bits per heavy atom. The molecule has 0 aliphatic carbocycles. The van der Waals surface area contributed by atoms with Crippen LogP contribution in [0.2, 0.25) is 0 Å². The SMILES string of the molecule is COc1ccc(COCC[C@]2(C(=O)OC(C)(C)C)O[C@H]2CO)cc1. The number of ether oxygens (including phenoxy) is 4. The summed E-state index contributed by atoms with van der Waals surface area (Å²) in [5.74, 6) is 0.349. The Labute approximate surface area is 142 Å². The number of epoxide rings is 1. The molecular formula is C18H26O6. The molecule has 134 valence electrons. The fraction of sp³-hybridized carbons (Fsp3) is 0.611. The molecule has 0 amide bonds. The van der Waals surface area contributed by atoms with Crippen molar-refractivity contribution in [2.24, 2.45) is 0 Å². The van der Waals surface area contributed by atoms with E-state index in [1.54, 1.807) is 27.9 Å². The van der Waals surface area contributed by atoms with Gasteiger partial charge in [-0.3, -0.25) is 0 Å². The maximum atomic E-state index is 12.3. The largest absolute Gasteiger partial charge is 0.497 e. The van der Waals surface area contributed by atoms with Crippen molar-refractivity contribution in [3.05, 3.63) is 29.8 Å². The highest BCUT2D eigenvalue weighted by molar-refractivity contribution is 5.83. The van der Waals surface area contributed by atoms with E-state index >= 15 is 0 Å². The summed E-state index contributed by atoms with van der Waals surface area (Å²) in [5.41, 5.74) is -0.667. The molecule has 0 bridgehead atoms. The average molecular weight is 338 g/mol. The number of rotatable bonds is 8. The lowest BCUT2D eigenvalue weighted by Crippen LogP contribution is -2.37. The molecule has 6 nitrogen and oxygen atoms in total. The van der Waals surface area contributed by atoms with Gasteiger partial charge in [0.2, 0.25) is 0 Å². The van der Waals surface area contributed by atoms with Gasteiger partial charge >= 0.3 is 5.97 Å². The smallest absolute Gasteiger partial charge is 0.341 e. The first-order chi connectivity index (χ1) is 11.3. The zero-order chi connectivity index (χ0) is 17.8. The Balaban J connectivity index is 1.82. The van der Waals surface area contributed by atoms with Gasteiger partial charge in [-0.15, -0.1) is 0 Å². The summed E-state index contributed by atoms with van der Waals surface area (Å²) in [7, 11) is 1.62. The topological polar surface area (TPSA) is 77.5 Å². The standard InChI is InChI=1S/C18H26O6/c1-17(2,3)24-16(20)18(15(11-19)23-18)9-10-22-12-13-5-7-14(21-4)8-6-13/h5-8,15,19H,9-12H2,1-4H3/t15-,18-/m0/s1. The van der Waals surface area contributed by atoms with E-state index in [1.165, 1.54) is 0 Å². The molecule has 6 heteroatoms. The first-order valence-electron chi connectivity index (χ1n) is 8.03. The predicted octanol–water partition coefficient (Wildman–Crippen LogP) is 2.07. The summed E-state index contributed by atoms with van der Waals surface area (Å²) in [4.78, 5) is 12.3. The minimum Gasteiger partial charge on any atom is -0.497 e.